The van der Waals surface area contributed by atoms with Gasteiger partial charge in [0.05, 0.1) is 5.41 Å². The lowest BCUT2D eigenvalue weighted by atomic mass is 9.72. The van der Waals surface area contributed by atoms with Crippen LogP contribution in [0.1, 0.15) is 37.7 Å². The van der Waals surface area contributed by atoms with Crippen LogP contribution in [0, 0.1) is 11.3 Å². The Balaban J connectivity index is 1.53. The summed E-state index contributed by atoms with van der Waals surface area (Å²) < 4.78 is 0. The summed E-state index contributed by atoms with van der Waals surface area (Å²) in [6, 6.07) is 18.8. The van der Waals surface area contributed by atoms with Crippen molar-refractivity contribution in [1.82, 2.24) is 10.2 Å². The minimum absolute atomic E-state index is 0.0771. The summed E-state index contributed by atoms with van der Waals surface area (Å²) in [5.41, 5.74) is 3.01. The van der Waals surface area contributed by atoms with Gasteiger partial charge in [-0.2, -0.15) is 0 Å². The Hall–Kier alpha value is -2.88. The van der Waals surface area contributed by atoms with Gasteiger partial charge < -0.3 is 10.2 Å². The average molecular weight is 417 g/mol. The van der Waals surface area contributed by atoms with Crippen molar-refractivity contribution in [2.45, 2.75) is 38.5 Å². The summed E-state index contributed by atoms with van der Waals surface area (Å²) in [5, 5.41) is 3.04. The molecule has 0 bridgehead atoms. The maximum absolute atomic E-state index is 13.3. The third-order valence-corrected chi connectivity index (χ3v) is 6.95. The van der Waals surface area contributed by atoms with Gasteiger partial charge in [-0.25, -0.2) is 0 Å². The Bertz CT molecular complexity index is 925. The molecule has 4 rings (SSSR count). The number of rotatable bonds is 7. The molecule has 1 aliphatic heterocycles. The van der Waals surface area contributed by atoms with Crippen LogP contribution in [0.25, 0.3) is 11.1 Å². The van der Waals surface area contributed by atoms with Gasteiger partial charge >= 0.3 is 0 Å². The van der Waals surface area contributed by atoms with E-state index < -0.39 is 5.41 Å². The van der Waals surface area contributed by atoms with E-state index in [2.05, 4.69) is 48.3 Å². The van der Waals surface area contributed by atoms with Gasteiger partial charge in [0.2, 0.25) is 11.8 Å². The number of piperidine rings is 1. The van der Waals surface area contributed by atoms with Crippen LogP contribution >= 0.6 is 0 Å². The minimum atomic E-state index is -0.491. The second kappa shape index (κ2) is 9.51. The average Bonchev–Trinajstić information content (AvgIpc) is 2.77. The Labute approximate surface area is 185 Å². The quantitative estimate of drug-likeness (QED) is 0.670. The fourth-order valence-corrected chi connectivity index (χ4v) is 4.79. The highest BCUT2D eigenvalue weighted by Gasteiger charge is 2.43. The molecule has 2 amide bonds. The Morgan fingerprint density at radius 3 is 2.39 bits per heavy atom. The van der Waals surface area contributed by atoms with Gasteiger partial charge in [0.25, 0.3) is 0 Å². The minimum Gasteiger partial charge on any atom is -0.352 e. The van der Waals surface area contributed by atoms with Crippen molar-refractivity contribution < 1.29 is 9.59 Å². The van der Waals surface area contributed by atoms with Crippen molar-refractivity contribution in [3.8, 4) is 11.1 Å². The molecule has 0 radical (unpaired) electrons. The van der Waals surface area contributed by atoms with E-state index in [1.54, 1.807) is 6.08 Å². The molecule has 1 aliphatic carbocycles. The van der Waals surface area contributed by atoms with E-state index in [9.17, 15) is 9.59 Å². The van der Waals surface area contributed by atoms with Crippen molar-refractivity contribution in [1.29, 1.82) is 0 Å². The summed E-state index contributed by atoms with van der Waals surface area (Å²) in [7, 11) is 0. The summed E-state index contributed by atoms with van der Waals surface area (Å²) in [5.74, 6) is 0.579. The fourth-order valence-electron chi connectivity index (χ4n) is 4.79. The molecule has 1 heterocycles. The van der Waals surface area contributed by atoms with E-state index in [0.717, 1.165) is 30.4 Å². The summed E-state index contributed by atoms with van der Waals surface area (Å²) in [4.78, 5) is 27.9. The van der Waals surface area contributed by atoms with Crippen molar-refractivity contribution in [3.63, 3.8) is 0 Å². The first-order valence-electron chi connectivity index (χ1n) is 11.4. The van der Waals surface area contributed by atoms with E-state index in [0.29, 0.717) is 38.9 Å². The zero-order valence-corrected chi connectivity index (χ0v) is 18.2. The molecule has 4 heteroatoms. The Morgan fingerprint density at radius 2 is 1.74 bits per heavy atom. The molecule has 162 valence electrons. The second-order valence-electron chi connectivity index (χ2n) is 8.98. The van der Waals surface area contributed by atoms with Gasteiger partial charge in [0.1, 0.15) is 0 Å². The van der Waals surface area contributed by atoms with Gasteiger partial charge in [0, 0.05) is 25.6 Å². The van der Waals surface area contributed by atoms with Crippen LogP contribution in [0.15, 0.2) is 67.3 Å². The first kappa shape index (κ1) is 21.4. The molecule has 2 fully saturated rings. The molecule has 31 heavy (non-hydrogen) atoms. The molecular formula is C27H32N2O2. The number of hydrogen-bond donors (Lipinski definition) is 1. The van der Waals surface area contributed by atoms with Crippen LogP contribution in [0.5, 0.6) is 0 Å². The summed E-state index contributed by atoms with van der Waals surface area (Å²) in [6.45, 7) is 5.52. The smallest absolute Gasteiger partial charge is 0.226 e. The van der Waals surface area contributed by atoms with Gasteiger partial charge in [-0.05, 0) is 48.8 Å². The third-order valence-electron chi connectivity index (χ3n) is 6.95. The van der Waals surface area contributed by atoms with Gasteiger partial charge in [-0.15, -0.1) is 6.58 Å². The van der Waals surface area contributed by atoms with Crippen molar-refractivity contribution in [3.05, 3.63) is 72.8 Å². The molecule has 0 aromatic heterocycles. The highest BCUT2D eigenvalue weighted by molar-refractivity contribution is 5.84. The van der Waals surface area contributed by atoms with Gasteiger partial charge in [-0.3, -0.25) is 9.59 Å². The molecule has 2 aromatic carbocycles. The lowest BCUT2D eigenvalue weighted by Crippen LogP contribution is -2.52. The van der Waals surface area contributed by atoms with Crippen LogP contribution < -0.4 is 5.32 Å². The predicted molar refractivity (Wildman–Crippen MR) is 124 cm³/mol. The molecule has 0 spiro atoms. The maximum atomic E-state index is 13.3. The maximum Gasteiger partial charge on any atom is 0.226 e. The fraction of sp³-hybridized carbons (Fsp3) is 0.407. The first-order chi connectivity index (χ1) is 15.1. The molecule has 1 N–H and O–H groups in total. The zero-order valence-electron chi connectivity index (χ0n) is 18.2. The monoisotopic (exact) mass is 416 g/mol. The van der Waals surface area contributed by atoms with Crippen LogP contribution in [0.3, 0.4) is 0 Å². The summed E-state index contributed by atoms with van der Waals surface area (Å²) in [6.07, 6.45) is 7.00. The van der Waals surface area contributed by atoms with Crippen LogP contribution in [-0.2, 0) is 16.0 Å². The highest BCUT2D eigenvalue weighted by atomic mass is 16.2. The standard InChI is InChI=1S/C27H32N2O2/c1-2-16-28-26(31)27(14-17-29(18-15-27)25(30)23-11-7-12-23)20-21-8-6-13-24(19-21)22-9-4-3-5-10-22/h2-6,8-10,13,19,23H,1,7,11-12,14-18,20H2,(H,28,31). The number of amides is 2. The lowest BCUT2D eigenvalue weighted by molar-refractivity contribution is -0.144. The zero-order chi connectivity index (χ0) is 21.7. The molecular weight excluding hydrogens is 384 g/mol. The van der Waals surface area contributed by atoms with E-state index in [-0.39, 0.29) is 17.7 Å². The van der Waals surface area contributed by atoms with Gasteiger partial charge in [0.15, 0.2) is 0 Å². The van der Waals surface area contributed by atoms with Crippen molar-refractivity contribution >= 4 is 11.8 Å². The van der Waals surface area contributed by atoms with E-state index >= 15 is 0 Å². The SMILES string of the molecule is C=CCNC(=O)C1(Cc2cccc(-c3ccccc3)c2)CCN(C(=O)C2CCC2)CC1. The number of carbonyl (C=O) groups excluding carboxylic acids is 2. The van der Waals surface area contributed by atoms with Gasteiger partial charge in [-0.1, -0.05) is 67.1 Å². The van der Waals surface area contributed by atoms with Crippen LogP contribution in [0.2, 0.25) is 0 Å². The van der Waals surface area contributed by atoms with E-state index in [1.165, 1.54) is 5.56 Å². The molecule has 0 unspecified atom stereocenters. The number of nitrogens with zero attached hydrogens (tertiary/aromatic N) is 1. The lowest BCUT2D eigenvalue weighted by Gasteiger charge is -2.42. The highest BCUT2D eigenvalue weighted by Crippen LogP contribution is 2.38. The Kier molecular flexibility index (Phi) is 6.55. The second-order valence-corrected chi connectivity index (χ2v) is 8.98. The Morgan fingerprint density at radius 1 is 1.03 bits per heavy atom. The predicted octanol–water partition coefficient (Wildman–Crippen LogP) is 4.61. The van der Waals surface area contributed by atoms with Crippen molar-refractivity contribution in [2.75, 3.05) is 19.6 Å². The number of likely N-dealkylation sites (tertiary alicyclic amines) is 1. The molecule has 2 aromatic rings. The number of nitrogens with one attached hydrogen (secondary N) is 1. The van der Waals surface area contributed by atoms with Crippen LogP contribution in [0.4, 0.5) is 0 Å². The largest absolute Gasteiger partial charge is 0.352 e. The van der Waals surface area contributed by atoms with E-state index in [1.807, 2.05) is 23.1 Å². The van der Waals surface area contributed by atoms with Crippen molar-refractivity contribution in [2.24, 2.45) is 11.3 Å². The third kappa shape index (κ3) is 4.73. The molecule has 1 saturated carbocycles. The number of benzene rings is 2. The summed E-state index contributed by atoms with van der Waals surface area (Å²) >= 11 is 0. The molecule has 0 atom stereocenters. The molecule has 1 saturated heterocycles. The van der Waals surface area contributed by atoms with E-state index in [4.69, 9.17) is 0 Å². The topological polar surface area (TPSA) is 49.4 Å². The first-order valence-corrected chi connectivity index (χ1v) is 11.4. The van der Waals surface area contributed by atoms with Crippen LogP contribution in [-0.4, -0.2) is 36.3 Å². The number of hydrogen-bond acceptors (Lipinski definition) is 2. The normalized spacial score (nSPS) is 18.1. The molecule has 2 aliphatic rings. The molecule has 4 nitrogen and oxygen atoms in total. The number of carbonyl (C=O) groups is 2.